The van der Waals surface area contributed by atoms with Gasteiger partial charge in [-0.2, -0.15) is 13.2 Å². The van der Waals surface area contributed by atoms with E-state index in [-0.39, 0.29) is 6.10 Å². The summed E-state index contributed by atoms with van der Waals surface area (Å²) >= 11 is 0. The Hall–Kier alpha value is -3.16. The van der Waals surface area contributed by atoms with E-state index in [9.17, 15) is 18.3 Å². The van der Waals surface area contributed by atoms with Crippen molar-refractivity contribution in [1.29, 1.82) is 0 Å². The molecule has 2 aromatic carbocycles. The van der Waals surface area contributed by atoms with E-state index in [4.69, 9.17) is 0 Å². The molecule has 4 nitrogen and oxygen atoms in total. The Morgan fingerprint density at radius 3 is 2.61 bits per heavy atom. The summed E-state index contributed by atoms with van der Waals surface area (Å²) in [5.74, 6) is 0. The highest BCUT2D eigenvalue weighted by atomic mass is 19.4. The van der Waals surface area contributed by atoms with Gasteiger partial charge in [-0.15, -0.1) is 0 Å². The van der Waals surface area contributed by atoms with Crippen molar-refractivity contribution in [3.8, 4) is 22.3 Å². The molecular weight excluding hydrogens is 427 g/mol. The third-order valence-corrected chi connectivity index (χ3v) is 6.21. The van der Waals surface area contributed by atoms with Gasteiger partial charge in [-0.25, -0.2) is 4.98 Å². The number of halogens is 3. The average molecular weight is 451 g/mol. The molecule has 1 aliphatic heterocycles. The summed E-state index contributed by atoms with van der Waals surface area (Å²) in [5.41, 5.74) is 4.20. The molecule has 1 fully saturated rings. The van der Waals surface area contributed by atoms with E-state index in [1.165, 1.54) is 17.7 Å². The number of aliphatic hydroxyl groups excluding tert-OH is 1. The number of pyridine rings is 1. The van der Waals surface area contributed by atoms with Crippen LogP contribution in [0.4, 0.5) is 13.2 Å². The molecule has 1 unspecified atom stereocenters. The summed E-state index contributed by atoms with van der Waals surface area (Å²) in [6.45, 7) is 2.49. The van der Waals surface area contributed by atoms with Crippen LogP contribution in [0.5, 0.6) is 0 Å². The van der Waals surface area contributed by atoms with Crippen molar-refractivity contribution in [3.63, 3.8) is 0 Å². The van der Waals surface area contributed by atoms with Crippen molar-refractivity contribution < 1.29 is 18.3 Å². The Morgan fingerprint density at radius 1 is 1.03 bits per heavy atom. The first-order chi connectivity index (χ1) is 15.9. The van der Waals surface area contributed by atoms with Gasteiger partial charge in [-0.3, -0.25) is 4.90 Å². The van der Waals surface area contributed by atoms with Crippen molar-refractivity contribution in [1.82, 2.24) is 14.9 Å². The Bertz CT molecular complexity index is 1260. The second-order valence-corrected chi connectivity index (χ2v) is 8.63. The molecule has 1 aliphatic rings. The molecule has 170 valence electrons. The van der Waals surface area contributed by atoms with Crippen LogP contribution in [0.2, 0.25) is 0 Å². The molecule has 2 N–H and O–H groups in total. The molecule has 33 heavy (non-hydrogen) atoms. The van der Waals surface area contributed by atoms with Crippen LogP contribution in [0.1, 0.15) is 24.0 Å². The Balaban J connectivity index is 1.42. The van der Waals surface area contributed by atoms with Crippen LogP contribution in [0, 0.1) is 0 Å². The van der Waals surface area contributed by atoms with E-state index in [0.29, 0.717) is 23.3 Å². The fourth-order valence-electron chi connectivity index (χ4n) is 4.50. The number of fused-ring (bicyclic) bond motifs is 1. The molecule has 4 aromatic rings. The summed E-state index contributed by atoms with van der Waals surface area (Å²) < 4.78 is 39.5. The Morgan fingerprint density at radius 2 is 1.85 bits per heavy atom. The zero-order valence-electron chi connectivity index (χ0n) is 17.9. The smallest absolute Gasteiger partial charge is 0.392 e. The number of hydrogen-bond acceptors (Lipinski definition) is 3. The lowest BCUT2D eigenvalue weighted by Crippen LogP contribution is -2.37. The highest BCUT2D eigenvalue weighted by molar-refractivity contribution is 5.95. The van der Waals surface area contributed by atoms with Gasteiger partial charge in [-0.05, 0) is 54.3 Å². The third kappa shape index (κ3) is 4.65. The molecule has 0 saturated carbocycles. The Labute approximate surface area is 189 Å². The fourth-order valence-corrected chi connectivity index (χ4v) is 4.50. The van der Waals surface area contributed by atoms with Crippen molar-refractivity contribution >= 4 is 11.0 Å². The van der Waals surface area contributed by atoms with Gasteiger partial charge in [-0.1, -0.05) is 36.4 Å². The van der Waals surface area contributed by atoms with Crippen LogP contribution in [0.15, 0.2) is 67.0 Å². The normalized spacial score (nSPS) is 17.5. The summed E-state index contributed by atoms with van der Waals surface area (Å²) in [5, 5.41) is 10.6. The molecule has 0 bridgehead atoms. The predicted molar refractivity (Wildman–Crippen MR) is 122 cm³/mol. The number of β-amino-alcohol motifs (C(OH)–C–C–N with tert-alkyl or cyclic N) is 1. The number of nitrogens with one attached hydrogen (secondary N) is 1. The number of aromatic nitrogens is 2. The second kappa shape index (κ2) is 8.65. The van der Waals surface area contributed by atoms with E-state index in [0.717, 1.165) is 48.5 Å². The van der Waals surface area contributed by atoms with Gasteiger partial charge < -0.3 is 10.1 Å². The van der Waals surface area contributed by atoms with Gasteiger partial charge >= 0.3 is 6.18 Å². The summed E-state index contributed by atoms with van der Waals surface area (Å²) in [6, 6.07) is 15.5. The highest BCUT2D eigenvalue weighted by Crippen LogP contribution is 2.35. The SMILES string of the molecule is OC1CCCN(Cc2ccc(-c3cnc4[nH]cc(-c5cccc(C(F)(F)F)c5)c4c3)cc2)C1. The number of hydrogen-bond donors (Lipinski definition) is 2. The van der Waals surface area contributed by atoms with Crippen molar-refractivity contribution in [3.05, 3.63) is 78.1 Å². The molecule has 2 aromatic heterocycles. The number of benzene rings is 2. The first kappa shape index (κ1) is 21.7. The van der Waals surface area contributed by atoms with Gasteiger partial charge in [0.1, 0.15) is 5.65 Å². The highest BCUT2D eigenvalue weighted by Gasteiger charge is 2.30. The monoisotopic (exact) mass is 451 g/mol. The zero-order chi connectivity index (χ0) is 23.0. The molecular formula is C26H24F3N3O. The van der Waals surface area contributed by atoms with Crippen LogP contribution in [-0.4, -0.2) is 39.2 Å². The maximum absolute atomic E-state index is 13.2. The number of piperidine rings is 1. The molecule has 0 amide bonds. The maximum atomic E-state index is 13.2. The van der Waals surface area contributed by atoms with Crippen LogP contribution < -0.4 is 0 Å². The first-order valence-corrected chi connectivity index (χ1v) is 11.0. The number of nitrogens with zero attached hydrogens (tertiary/aromatic N) is 2. The molecule has 5 rings (SSSR count). The van der Waals surface area contributed by atoms with Crippen LogP contribution in [0.3, 0.4) is 0 Å². The molecule has 3 heterocycles. The fraction of sp³-hybridized carbons (Fsp3) is 0.269. The van der Waals surface area contributed by atoms with E-state index >= 15 is 0 Å². The van der Waals surface area contributed by atoms with Crippen molar-refractivity contribution in [2.75, 3.05) is 13.1 Å². The van der Waals surface area contributed by atoms with Gasteiger partial charge in [0.05, 0.1) is 11.7 Å². The maximum Gasteiger partial charge on any atom is 0.416 e. The van der Waals surface area contributed by atoms with Crippen LogP contribution >= 0.6 is 0 Å². The predicted octanol–water partition coefficient (Wildman–Crippen LogP) is 5.87. The lowest BCUT2D eigenvalue weighted by atomic mass is 10.00. The average Bonchev–Trinajstić information content (AvgIpc) is 3.22. The second-order valence-electron chi connectivity index (χ2n) is 8.63. The minimum Gasteiger partial charge on any atom is -0.392 e. The molecule has 7 heteroatoms. The quantitative estimate of drug-likeness (QED) is 0.408. The molecule has 0 spiro atoms. The van der Waals surface area contributed by atoms with Gasteiger partial charge in [0, 0.05) is 42.0 Å². The summed E-state index contributed by atoms with van der Waals surface area (Å²) in [4.78, 5) is 9.81. The van der Waals surface area contributed by atoms with Crippen molar-refractivity contribution in [2.45, 2.75) is 31.7 Å². The third-order valence-electron chi connectivity index (χ3n) is 6.21. The van der Waals surface area contributed by atoms with Gasteiger partial charge in [0.2, 0.25) is 0 Å². The topological polar surface area (TPSA) is 52.1 Å². The lowest BCUT2D eigenvalue weighted by Gasteiger charge is -2.29. The molecule has 1 atom stereocenters. The van der Waals surface area contributed by atoms with E-state index in [2.05, 4.69) is 27.0 Å². The van der Waals surface area contributed by atoms with Gasteiger partial charge in [0.25, 0.3) is 0 Å². The largest absolute Gasteiger partial charge is 0.416 e. The summed E-state index contributed by atoms with van der Waals surface area (Å²) in [7, 11) is 0. The lowest BCUT2D eigenvalue weighted by molar-refractivity contribution is -0.137. The number of rotatable bonds is 4. The number of aliphatic hydroxyl groups is 1. The molecule has 0 radical (unpaired) electrons. The number of alkyl halides is 3. The summed E-state index contributed by atoms with van der Waals surface area (Å²) in [6.07, 6.45) is 0.711. The molecule has 1 saturated heterocycles. The molecule has 0 aliphatic carbocycles. The van der Waals surface area contributed by atoms with Gasteiger partial charge in [0.15, 0.2) is 0 Å². The number of aromatic amines is 1. The minimum absolute atomic E-state index is 0.247. The van der Waals surface area contributed by atoms with Crippen LogP contribution in [0.25, 0.3) is 33.3 Å². The van der Waals surface area contributed by atoms with E-state index in [1.807, 2.05) is 18.2 Å². The standard InChI is InChI=1S/C26H24F3N3O/c27-26(28,29)21-4-1-3-19(11-21)24-14-31-25-23(24)12-20(13-30-25)18-8-6-17(7-9-18)15-32-10-2-5-22(33)16-32/h1,3-4,6-9,11-14,22,33H,2,5,10,15-16H2,(H,30,31). The minimum atomic E-state index is -4.39. The first-order valence-electron chi connectivity index (χ1n) is 11.0. The number of likely N-dealkylation sites (tertiary alicyclic amines) is 1. The zero-order valence-corrected chi connectivity index (χ0v) is 17.9. The van der Waals surface area contributed by atoms with Crippen LogP contribution in [-0.2, 0) is 12.7 Å². The number of H-pyrrole nitrogens is 1. The van der Waals surface area contributed by atoms with Crippen molar-refractivity contribution in [2.24, 2.45) is 0 Å². The Kier molecular flexibility index (Phi) is 5.68. The van der Waals surface area contributed by atoms with E-state index < -0.39 is 11.7 Å². The van der Waals surface area contributed by atoms with E-state index in [1.54, 1.807) is 18.5 Å².